The molecule has 0 N–H and O–H groups in total. The summed E-state index contributed by atoms with van der Waals surface area (Å²) in [5.74, 6) is -3.00. The zero-order valence-corrected chi connectivity index (χ0v) is 8.22. The van der Waals surface area contributed by atoms with Crippen LogP contribution in [-0.2, 0) is 4.74 Å². The fraction of sp³-hybridized carbons (Fsp3) is 1.00. The Labute approximate surface area is 77.9 Å². The molecule has 1 heterocycles. The highest BCUT2D eigenvalue weighted by Crippen LogP contribution is 2.32. The minimum Gasteiger partial charge on any atom is -0.383 e. The van der Waals surface area contributed by atoms with E-state index in [0.29, 0.717) is 19.7 Å². The molecule has 78 valence electrons. The van der Waals surface area contributed by atoms with Gasteiger partial charge >= 0.3 is 0 Å². The van der Waals surface area contributed by atoms with E-state index in [4.69, 9.17) is 4.74 Å². The summed E-state index contributed by atoms with van der Waals surface area (Å²) in [5, 5.41) is 0. The van der Waals surface area contributed by atoms with Crippen LogP contribution in [0.25, 0.3) is 0 Å². The van der Waals surface area contributed by atoms with Crippen LogP contribution in [-0.4, -0.2) is 44.2 Å². The van der Waals surface area contributed by atoms with Crippen molar-refractivity contribution >= 4 is 0 Å². The highest BCUT2D eigenvalue weighted by molar-refractivity contribution is 4.83. The first kappa shape index (κ1) is 10.9. The molecule has 13 heavy (non-hydrogen) atoms. The smallest absolute Gasteiger partial charge is 0.253 e. The van der Waals surface area contributed by atoms with Crippen LogP contribution in [0.4, 0.5) is 8.78 Å². The van der Waals surface area contributed by atoms with E-state index in [1.807, 2.05) is 4.90 Å². The average Bonchev–Trinajstić information content (AvgIpc) is 2.07. The topological polar surface area (TPSA) is 12.5 Å². The molecule has 0 aromatic rings. The van der Waals surface area contributed by atoms with E-state index in [1.54, 1.807) is 14.0 Å². The lowest BCUT2D eigenvalue weighted by Gasteiger charge is -2.36. The molecular weight excluding hydrogens is 176 g/mol. The number of ether oxygens (including phenoxy) is 1. The number of halogens is 2. The van der Waals surface area contributed by atoms with Gasteiger partial charge in [-0.2, -0.15) is 0 Å². The van der Waals surface area contributed by atoms with Gasteiger partial charge in [-0.15, -0.1) is 0 Å². The van der Waals surface area contributed by atoms with Gasteiger partial charge in [-0.1, -0.05) is 6.92 Å². The van der Waals surface area contributed by atoms with E-state index in [0.717, 1.165) is 6.54 Å². The van der Waals surface area contributed by atoms with Crippen molar-refractivity contribution in [1.82, 2.24) is 4.90 Å². The molecular formula is C9H17F2NO. The van der Waals surface area contributed by atoms with Crippen LogP contribution in [0.5, 0.6) is 0 Å². The summed E-state index contributed by atoms with van der Waals surface area (Å²) in [6.07, 6.45) is -0.0160. The van der Waals surface area contributed by atoms with Crippen LogP contribution in [0.2, 0.25) is 0 Å². The quantitative estimate of drug-likeness (QED) is 0.675. The first-order valence-electron chi connectivity index (χ1n) is 4.65. The van der Waals surface area contributed by atoms with E-state index in [1.165, 1.54) is 0 Å². The predicted octanol–water partition coefficient (Wildman–Crippen LogP) is 1.61. The molecule has 0 aromatic heterocycles. The maximum absolute atomic E-state index is 13.0. The second-order valence-corrected chi connectivity index (χ2v) is 3.71. The SMILES string of the molecule is COCCN1CCC(F)(F)C(C)C1. The third kappa shape index (κ3) is 2.88. The Morgan fingerprint density at radius 1 is 1.54 bits per heavy atom. The monoisotopic (exact) mass is 193 g/mol. The van der Waals surface area contributed by atoms with Gasteiger partial charge in [0.2, 0.25) is 0 Å². The molecule has 0 aliphatic carbocycles. The summed E-state index contributed by atoms with van der Waals surface area (Å²) in [6.45, 7) is 3.96. The van der Waals surface area contributed by atoms with E-state index < -0.39 is 11.8 Å². The summed E-state index contributed by atoms with van der Waals surface area (Å²) in [4.78, 5) is 2.03. The molecule has 1 unspecified atom stereocenters. The fourth-order valence-corrected chi connectivity index (χ4v) is 1.59. The Kier molecular flexibility index (Phi) is 3.62. The molecule has 4 heteroatoms. The molecule has 0 amide bonds. The zero-order valence-electron chi connectivity index (χ0n) is 8.22. The van der Waals surface area contributed by atoms with Gasteiger partial charge in [-0.25, -0.2) is 8.78 Å². The molecule has 0 radical (unpaired) electrons. The van der Waals surface area contributed by atoms with E-state index in [9.17, 15) is 8.78 Å². The minimum atomic E-state index is -2.47. The van der Waals surface area contributed by atoms with Crippen LogP contribution >= 0.6 is 0 Å². The van der Waals surface area contributed by atoms with Crippen LogP contribution < -0.4 is 0 Å². The largest absolute Gasteiger partial charge is 0.383 e. The summed E-state index contributed by atoms with van der Waals surface area (Å²) < 4.78 is 31.0. The van der Waals surface area contributed by atoms with Gasteiger partial charge in [0.05, 0.1) is 6.61 Å². The first-order valence-corrected chi connectivity index (χ1v) is 4.65. The summed E-state index contributed by atoms with van der Waals surface area (Å²) in [6, 6.07) is 0. The predicted molar refractivity (Wildman–Crippen MR) is 47.0 cm³/mol. The van der Waals surface area contributed by atoms with Crippen molar-refractivity contribution in [3.05, 3.63) is 0 Å². The van der Waals surface area contributed by atoms with Crippen molar-refractivity contribution < 1.29 is 13.5 Å². The number of piperidine rings is 1. The summed E-state index contributed by atoms with van der Waals surface area (Å²) >= 11 is 0. The Morgan fingerprint density at radius 3 is 2.77 bits per heavy atom. The average molecular weight is 193 g/mol. The minimum absolute atomic E-state index is 0.0160. The van der Waals surface area contributed by atoms with Gasteiger partial charge in [0.1, 0.15) is 0 Å². The van der Waals surface area contributed by atoms with Crippen molar-refractivity contribution in [2.24, 2.45) is 5.92 Å². The highest BCUT2D eigenvalue weighted by atomic mass is 19.3. The van der Waals surface area contributed by atoms with Crippen molar-refractivity contribution in [2.75, 3.05) is 33.4 Å². The summed E-state index contributed by atoms with van der Waals surface area (Å²) in [5.41, 5.74) is 0. The van der Waals surface area contributed by atoms with Gasteiger partial charge in [-0.05, 0) is 0 Å². The molecule has 1 rings (SSSR count). The third-order valence-corrected chi connectivity index (χ3v) is 2.63. The van der Waals surface area contributed by atoms with Crippen LogP contribution in [0.15, 0.2) is 0 Å². The molecule has 1 saturated heterocycles. The van der Waals surface area contributed by atoms with E-state index in [2.05, 4.69) is 0 Å². The molecule has 1 aliphatic rings. The third-order valence-electron chi connectivity index (χ3n) is 2.63. The molecule has 1 atom stereocenters. The van der Waals surface area contributed by atoms with Crippen molar-refractivity contribution in [2.45, 2.75) is 19.3 Å². The number of alkyl halides is 2. The van der Waals surface area contributed by atoms with Crippen molar-refractivity contribution in [3.8, 4) is 0 Å². The van der Waals surface area contributed by atoms with E-state index >= 15 is 0 Å². The lowest BCUT2D eigenvalue weighted by molar-refractivity contribution is -0.101. The van der Waals surface area contributed by atoms with Gasteiger partial charge in [-0.3, -0.25) is 0 Å². The van der Waals surface area contributed by atoms with Gasteiger partial charge in [0.15, 0.2) is 0 Å². The second kappa shape index (κ2) is 4.33. The molecule has 0 saturated carbocycles. The first-order chi connectivity index (χ1) is 6.06. The second-order valence-electron chi connectivity index (χ2n) is 3.71. The molecule has 0 bridgehead atoms. The lowest BCUT2D eigenvalue weighted by Crippen LogP contribution is -2.46. The molecule has 0 aromatic carbocycles. The van der Waals surface area contributed by atoms with Crippen LogP contribution in [0.1, 0.15) is 13.3 Å². The number of rotatable bonds is 3. The van der Waals surface area contributed by atoms with Gasteiger partial charge in [0.25, 0.3) is 5.92 Å². The maximum Gasteiger partial charge on any atom is 0.253 e. The summed E-state index contributed by atoms with van der Waals surface area (Å²) in [7, 11) is 1.63. The standard InChI is InChI=1S/C9H17F2NO/c1-8-7-12(5-6-13-2)4-3-9(8,10)11/h8H,3-7H2,1-2H3. The Balaban J connectivity index is 2.33. The number of nitrogens with zero attached hydrogens (tertiary/aromatic N) is 1. The molecule has 1 fully saturated rings. The Morgan fingerprint density at radius 2 is 2.23 bits per heavy atom. The van der Waals surface area contributed by atoms with Crippen LogP contribution in [0, 0.1) is 5.92 Å². The lowest BCUT2D eigenvalue weighted by atomic mass is 9.95. The molecule has 2 nitrogen and oxygen atoms in total. The van der Waals surface area contributed by atoms with Crippen LogP contribution in [0.3, 0.4) is 0 Å². The Bertz CT molecular complexity index is 164. The highest BCUT2D eigenvalue weighted by Gasteiger charge is 2.40. The van der Waals surface area contributed by atoms with E-state index in [-0.39, 0.29) is 6.42 Å². The molecule has 0 spiro atoms. The molecule has 1 aliphatic heterocycles. The number of methoxy groups -OCH3 is 1. The number of hydrogen-bond donors (Lipinski definition) is 0. The van der Waals surface area contributed by atoms with Gasteiger partial charge < -0.3 is 9.64 Å². The normalized spacial score (nSPS) is 29.1. The van der Waals surface area contributed by atoms with Gasteiger partial charge in [0, 0.05) is 39.1 Å². The van der Waals surface area contributed by atoms with Crippen molar-refractivity contribution in [1.29, 1.82) is 0 Å². The Hall–Kier alpha value is -0.220. The van der Waals surface area contributed by atoms with Crippen molar-refractivity contribution in [3.63, 3.8) is 0 Å². The maximum atomic E-state index is 13.0. The fourth-order valence-electron chi connectivity index (χ4n) is 1.59. The number of hydrogen-bond acceptors (Lipinski definition) is 2. The number of likely N-dealkylation sites (tertiary alicyclic amines) is 1. The zero-order chi connectivity index (χ0) is 9.90.